The van der Waals surface area contributed by atoms with Crippen LogP contribution in [0.3, 0.4) is 0 Å². The van der Waals surface area contributed by atoms with Crippen molar-refractivity contribution in [2.75, 3.05) is 19.8 Å². The van der Waals surface area contributed by atoms with Crippen LogP contribution in [0.5, 0.6) is 0 Å². The van der Waals surface area contributed by atoms with Crippen LogP contribution in [0.4, 0.5) is 0 Å². The average Bonchev–Trinajstić information content (AvgIpc) is 3.32. The van der Waals surface area contributed by atoms with Crippen molar-refractivity contribution in [3.05, 3.63) is 36.5 Å². The van der Waals surface area contributed by atoms with Crippen molar-refractivity contribution >= 4 is 5.91 Å². The third-order valence-electron chi connectivity index (χ3n) is 13.1. The van der Waals surface area contributed by atoms with E-state index in [0.29, 0.717) is 12.8 Å². The highest BCUT2D eigenvalue weighted by atomic mass is 16.7. The Morgan fingerprint density at radius 1 is 0.522 bits per heavy atom. The molecule has 1 amide bonds. The predicted molar refractivity (Wildman–Crippen MR) is 263 cm³/mol. The Bertz CT molecular complexity index is 1270. The van der Waals surface area contributed by atoms with Crippen LogP contribution in [0.2, 0.25) is 0 Å². The van der Waals surface area contributed by atoms with Gasteiger partial charge in [-0.1, -0.05) is 185 Å². The molecule has 14 nitrogen and oxygen atoms in total. The molecule has 2 heterocycles. The van der Waals surface area contributed by atoms with Gasteiger partial charge in [-0.05, 0) is 44.9 Å². The van der Waals surface area contributed by atoms with Crippen molar-refractivity contribution in [1.82, 2.24) is 5.32 Å². The van der Waals surface area contributed by atoms with Gasteiger partial charge in [0.25, 0.3) is 0 Å². The van der Waals surface area contributed by atoms with E-state index in [4.69, 9.17) is 18.9 Å². The van der Waals surface area contributed by atoms with Crippen LogP contribution in [0.15, 0.2) is 36.5 Å². The molecule has 0 aromatic carbocycles. The van der Waals surface area contributed by atoms with Crippen molar-refractivity contribution in [3.63, 3.8) is 0 Å². The summed E-state index contributed by atoms with van der Waals surface area (Å²) >= 11 is 0. The maximum atomic E-state index is 13.2. The average molecular weight is 956 g/mol. The van der Waals surface area contributed by atoms with Gasteiger partial charge < -0.3 is 65.1 Å². The van der Waals surface area contributed by atoms with Crippen LogP contribution in [-0.2, 0) is 23.7 Å². The number of carbonyl (C=O) groups is 1. The van der Waals surface area contributed by atoms with Gasteiger partial charge in [-0.25, -0.2) is 0 Å². The number of unbranched alkanes of at least 4 members (excludes halogenated alkanes) is 24. The first kappa shape index (κ1) is 61.3. The Morgan fingerprint density at radius 2 is 0.955 bits per heavy atom. The standard InChI is InChI=1S/C53H97NO13/c1-3-5-7-9-11-13-15-17-18-19-20-21-22-23-25-27-29-31-33-35-37-45(58)54-41(42(57)36-34-32-30-28-26-24-16-14-12-10-8-6-4-2)40-64-52-50(63)48(61)51(44(39-56)66-52)67-53-49(62)47(60)46(59)43(38-55)65-53/h12,14,26,28,34,36,41-44,46-53,55-57,59-63H,3-11,13,15-25,27,29-33,35,37-40H2,1-2H3,(H,54,58)/b14-12+,28-26+,36-34+. The van der Waals surface area contributed by atoms with Gasteiger partial charge in [0.2, 0.25) is 5.91 Å². The lowest BCUT2D eigenvalue weighted by molar-refractivity contribution is -0.359. The number of rotatable bonds is 41. The summed E-state index contributed by atoms with van der Waals surface area (Å²) in [6.45, 7) is 2.73. The number of hydrogen-bond acceptors (Lipinski definition) is 13. The van der Waals surface area contributed by atoms with Crippen molar-refractivity contribution in [1.29, 1.82) is 0 Å². The number of aliphatic hydroxyl groups is 8. The van der Waals surface area contributed by atoms with Crippen LogP contribution < -0.4 is 5.32 Å². The van der Waals surface area contributed by atoms with Gasteiger partial charge in [-0.3, -0.25) is 4.79 Å². The molecule has 2 rings (SSSR count). The summed E-state index contributed by atoms with van der Waals surface area (Å²) in [5, 5.41) is 86.7. The number of allylic oxidation sites excluding steroid dienone is 5. The molecule has 2 fully saturated rings. The number of nitrogens with one attached hydrogen (secondary N) is 1. The van der Waals surface area contributed by atoms with E-state index in [-0.39, 0.29) is 18.9 Å². The maximum absolute atomic E-state index is 13.2. The molecule has 0 saturated carbocycles. The molecule has 2 aliphatic heterocycles. The fourth-order valence-corrected chi connectivity index (χ4v) is 8.68. The van der Waals surface area contributed by atoms with E-state index in [0.717, 1.165) is 44.9 Å². The van der Waals surface area contributed by atoms with Gasteiger partial charge in [0, 0.05) is 6.42 Å². The van der Waals surface area contributed by atoms with Crippen molar-refractivity contribution in [3.8, 4) is 0 Å². The molecule has 0 spiro atoms. The lowest BCUT2D eigenvalue weighted by atomic mass is 9.97. The smallest absolute Gasteiger partial charge is 0.220 e. The molecule has 14 heteroatoms. The van der Waals surface area contributed by atoms with E-state index in [9.17, 15) is 45.6 Å². The minimum atomic E-state index is -1.79. The molecular formula is C53H97NO13. The molecule has 0 aromatic heterocycles. The molecule has 0 radical (unpaired) electrons. The summed E-state index contributed by atoms with van der Waals surface area (Å²) in [5.41, 5.74) is 0. The Balaban J connectivity index is 1.81. The van der Waals surface area contributed by atoms with Gasteiger partial charge in [0.05, 0.1) is 32.0 Å². The molecular weight excluding hydrogens is 859 g/mol. The molecule has 392 valence electrons. The van der Waals surface area contributed by atoms with E-state index in [1.807, 2.05) is 6.08 Å². The number of carbonyl (C=O) groups excluding carboxylic acids is 1. The highest BCUT2D eigenvalue weighted by Crippen LogP contribution is 2.30. The lowest BCUT2D eigenvalue weighted by Gasteiger charge is -2.46. The van der Waals surface area contributed by atoms with Crippen molar-refractivity contribution in [2.24, 2.45) is 0 Å². The molecule has 2 saturated heterocycles. The Hall–Kier alpha value is -1.79. The summed E-state index contributed by atoms with van der Waals surface area (Å²) in [4.78, 5) is 13.2. The van der Waals surface area contributed by atoms with E-state index in [1.165, 1.54) is 122 Å². The molecule has 0 bridgehead atoms. The minimum absolute atomic E-state index is 0.253. The van der Waals surface area contributed by atoms with E-state index >= 15 is 0 Å². The first-order valence-corrected chi connectivity index (χ1v) is 26.7. The summed E-state index contributed by atoms with van der Waals surface area (Å²) in [6, 6.07) is -0.933. The van der Waals surface area contributed by atoms with E-state index < -0.39 is 86.8 Å². The highest BCUT2D eigenvalue weighted by molar-refractivity contribution is 5.76. The molecule has 12 atom stereocenters. The van der Waals surface area contributed by atoms with Gasteiger partial charge in [-0.15, -0.1) is 0 Å². The van der Waals surface area contributed by atoms with Crippen LogP contribution in [0.25, 0.3) is 0 Å². The van der Waals surface area contributed by atoms with Gasteiger partial charge in [-0.2, -0.15) is 0 Å². The van der Waals surface area contributed by atoms with Crippen molar-refractivity contribution < 1.29 is 64.6 Å². The fourth-order valence-electron chi connectivity index (χ4n) is 8.68. The second-order valence-electron chi connectivity index (χ2n) is 19.0. The SMILES string of the molecule is CCCCC/C=C/CC/C=C/CC/C=C/C(O)C(COC1OC(CO)C(OC2OC(CO)C(O)C(O)C2O)C(O)C1O)NC(=O)CCCCCCCCCCCCCCCCCCCCCC. The third-order valence-corrected chi connectivity index (χ3v) is 13.1. The van der Waals surface area contributed by atoms with Gasteiger partial charge in [0.15, 0.2) is 12.6 Å². The predicted octanol–water partition coefficient (Wildman–Crippen LogP) is 7.49. The second kappa shape index (κ2) is 39.9. The number of aliphatic hydroxyl groups excluding tert-OH is 8. The number of hydrogen-bond donors (Lipinski definition) is 9. The summed E-state index contributed by atoms with van der Waals surface area (Å²) in [5.74, 6) is -0.253. The van der Waals surface area contributed by atoms with Gasteiger partial charge >= 0.3 is 0 Å². The Labute approximate surface area is 404 Å². The quantitative estimate of drug-likeness (QED) is 0.0214. The summed E-state index contributed by atoms with van der Waals surface area (Å²) < 4.78 is 22.7. The Morgan fingerprint density at radius 3 is 1.46 bits per heavy atom. The zero-order chi connectivity index (χ0) is 48.9. The molecule has 67 heavy (non-hydrogen) atoms. The van der Waals surface area contributed by atoms with Crippen LogP contribution in [0.1, 0.15) is 200 Å². The number of amides is 1. The minimum Gasteiger partial charge on any atom is -0.394 e. The molecule has 12 unspecified atom stereocenters. The fraction of sp³-hybridized carbons (Fsp3) is 0.868. The third kappa shape index (κ3) is 26.8. The van der Waals surface area contributed by atoms with Gasteiger partial charge in [0.1, 0.15) is 48.8 Å². The monoisotopic (exact) mass is 956 g/mol. The number of ether oxygens (including phenoxy) is 4. The lowest BCUT2D eigenvalue weighted by Crippen LogP contribution is -2.65. The normalized spacial score (nSPS) is 26.8. The first-order valence-electron chi connectivity index (χ1n) is 26.7. The first-order chi connectivity index (χ1) is 32.6. The van der Waals surface area contributed by atoms with E-state index in [1.54, 1.807) is 6.08 Å². The second-order valence-corrected chi connectivity index (χ2v) is 19.0. The molecule has 9 N–H and O–H groups in total. The summed E-state index contributed by atoms with van der Waals surface area (Å²) in [7, 11) is 0. The Kier molecular flexibility index (Phi) is 36.5. The highest BCUT2D eigenvalue weighted by Gasteiger charge is 2.51. The zero-order valence-electron chi connectivity index (χ0n) is 41.6. The van der Waals surface area contributed by atoms with Crippen LogP contribution >= 0.6 is 0 Å². The molecule has 2 aliphatic rings. The maximum Gasteiger partial charge on any atom is 0.220 e. The zero-order valence-corrected chi connectivity index (χ0v) is 41.6. The summed E-state index contributed by atoms with van der Waals surface area (Å²) in [6.07, 6.45) is 29.0. The van der Waals surface area contributed by atoms with Crippen molar-refractivity contribution in [2.45, 2.75) is 274 Å². The van der Waals surface area contributed by atoms with Crippen LogP contribution in [0, 0.1) is 0 Å². The van der Waals surface area contributed by atoms with Crippen LogP contribution in [-0.4, -0.2) is 140 Å². The topological polar surface area (TPSA) is 228 Å². The molecule has 0 aliphatic carbocycles. The largest absolute Gasteiger partial charge is 0.394 e. The van der Waals surface area contributed by atoms with E-state index in [2.05, 4.69) is 43.5 Å². The molecule has 0 aromatic rings.